The highest BCUT2D eigenvalue weighted by Crippen LogP contribution is 2.27. The van der Waals surface area contributed by atoms with Crippen molar-refractivity contribution < 1.29 is 14.8 Å². The van der Waals surface area contributed by atoms with E-state index in [1.165, 1.54) is 24.3 Å². The van der Waals surface area contributed by atoms with Crippen LogP contribution in [0.5, 0.6) is 0 Å². The molecule has 0 bridgehead atoms. The molecule has 0 heterocycles. The molecule has 6 nitrogen and oxygen atoms in total. The van der Waals surface area contributed by atoms with E-state index in [0.717, 1.165) is 0 Å². The summed E-state index contributed by atoms with van der Waals surface area (Å²) in [5, 5.41) is 22.7. The van der Waals surface area contributed by atoms with Gasteiger partial charge in [0, 0.05) is 23.5 Å². The number of nitro benzene ring substituents is 1. The number of nitrogens with zero attached hydrogens (tertiary/aromatic N) is 1. The SMILES string of the molecule is Cc1cc([N+](=O)[O-])ccc1Nc1ccc(C(=O)O)c(Cl)c1. The maximum Gasteiger partial charge on any atom is 0.337 e. The van der Waals surface area contributed by atoms with Gasteiger partial charge in [-0.05, 0) is 36.8 Å². The van der Waals surface area contributed by atoms with E-state index in [9.17, 15) is 14.9 Å². The molecule has 21 heavy (non-hydrogen) atoms. The van der Waals surface area contributed by atoms with Gasteiger partial charge in [-0.2, -0.15) is 0 Å². The predicted molar refractivity (Wildman–Crippen MR) is 79.5 cm³/mol. The van der Waals surface area contributed by atoms with Gasteiger partial charge in [-0.3, -0.25) is 10.1 Å². The Balaban J connectivity index is 2.28. The monoisotopic (exact) mass is 306 g/mol. The second-order valence-corrected chi connectivity index (χ2v) is 4.79. The van der Waals surface area contributed by atoms with Gasteiger partial charge >= 0.3 is 5.97 Å². The number of hydrogen-bond donors (Lipinski definition) is 2. The summed E-state index contributed by atoms with van der Waals surface area (Å²) >= 11 is 5.89. The average molecular weight is 307 g/mol. The summed E-state index contributed by atoms with van der Waals surface area (Å²) in [6.45, 7) is 1.74. The molecule has 0 aliphatic heterocycles. The van der Waals surface area contributed by atoms with Crippen LogP contribution < -0.4 is 5.32 Å². The quantitative estimate of drug-likeness (QED) is 0.658. The number of carboxylic acids is 1. The van der Waals surface area contributed by atoms with Crippen LogP contribution in [-0.2, 0) is 0 Å². The number of halogens is 1. The van der Waals surface area contributed by atoms with Crippen molar-refractivity contribution in [1.29, 1.82) is 0 Å². The molecule has 2 aromatic carbocycles. The number of anilines is 2. The molecule has 0 amide bonds. The van der Waals surface area contributed by atoms with Crippen molar-refractivity contribution >= 4 is 34.6 Å². The number of nitrogens with one attached hydrogen (secondary N) is 1. The van der Waals surface area contributed by atoms with E-state index in [4.69, 9.17) is 16.7 Å². The minimum atomic E-state index is -1.10. The van der Waals surface area contributed by atoms with Gasteiger partial charge in [-0.15, -0.1) is 0 Å². The second kappa shape index (κ2) is 5.80. The van der Waals surface area contributed by atoms with Gasteiger partial charge in [0.05, 0.1) is 15.5 Å². The summed E-state index contributed by atoms with van der Waals surface area (Å²) in [5.41, 5.74) is 2.00. The van der Waals surface area contributed by atoms with Gasteiger partial charge in [-0.1, -0.05) is 11.6 Å². The van der Waals surface area contributed by atoms with Gasteiger partial charge in [0.1, 0.15) is 0 Å². The number of benzene rings is 2. The molecule has 0 aliphatic rings. The number of nitro groups is 1. The number of hydrogen-bond acceptors (Lipinski definition) is 4. The van der Waals surface area contributed by atoms with Crippen molar-refractivity contribution in [3.05, 3.63) is 62.7 Å². The summed E-state index contributed by atoms with van der Waals surface area (Å²) in [7, 11) is 0. The van der Waals surface area contributed by atoms with Gasteiger partial charge in [-0.25, -0.2) is 4.79 Å². The Kier molecular flexibility index (Phi) is 4.09. The highest BCUT2D eigenvalue weighted by Gasteiger charge is 2.11. The fourth-order valence-corrected chi connectivity index (χ4v) is 2.08. The Labute approximate surface area is 125 Å². The van der Waals surface area contributed by atoms with Gasteiger partial charge in [0.15, 0.2) is 0 Å². The molecule has 2 rings (SSSR count). The van der Waals surface area contributed by atoms with Crippen LogP contribution in [0.4, 0.5) is 17.1 Å². The van der Waals surface area contributed by atoms with Gasteiger partial charge in [0.2, 0.25) is 0 Å². The highest BCUT2D eigenvalue weighted by atomic mass is 35.5. The first-order valence-corrected chi connectivity index (χ1v) is 6.31. The van der Waals surface area contributed by atoms with Crippen LogP contribution in [0.15, 0.2) is 36.4 Å². The Hall–Kier alpha value is -2.60. The lowest BCUT2D eigenvalue weighted by atomic mass is 10.1. The Bertz CT molecular complexity index is 731. The summed E-state index contributed by atoms with van der Waals surface area (Å²) in [5.74, 6) is -1.10. The summed E-state index contributed by atoms with van der Waals surface area (Å²) in [4.78, 5) is 21.1. The van der Waals surface area contributed by atoms with Crippen LogP contribution in [-0.4, -0.2) is 16.0 Å². The first-order valence-electron chi connectivity index (χ1n) is 5.93. The molecule has 0 fully saturated rings. The Morgan fingerprint density at radius 3 is 2.52 bits per heavy atom. The molecule has 0 saturated heterocycles. The van der Waals surface area contributed by atoms with E-state index in [-0.39, 0.29) is 16.3 Å². The fourth-order valence-electron chi connectivity index (χ4n) is 1.82. The van der Waals surface area contributed by atoms with Gasteiger partial charge in [0.25, 0.3) is 5.69 Å². The number of rotatable bonds is 4. The molecule has 108 valence electrons. The lowest BCUT2D eigenvalue weighted by Crippen LogP contribution is -1.99. The topological polar surface area (TPSA) is 92.5 Å². The first-order chi connectivity index (χ1) is 9.88. The van der Waals surface area contributed by atoms with Crippen LogP contribution in [0.2, 0.25) is 5.02 Å². The lowest BCUT2D eigenvalue weighted by Gasteiger charge is -2.10. The van der Waals surface area contributed by atoms with Crippen LogP contribution in [0.3, 0.4) is 0 Å². The van der Waals surface area contributed by atoms with E-state index in [1.807, 2.05) is 0 Å². The highest BCUT2D eigenvalue weighted by molar-refractivity contribution is 6.33. The third-order valence-electron chi connectivity index (χ3n) is 2.90. The molecule has 0 unspecified atom stereocenters. The zero-order valence-electron chi connectivity index (χ0n) is 11.0. The molecular weight excluding hydrogens is 296 g/mol. The van der Waals surface area contributed by atoms with E-state index >= 15 is 0 Å². The van der Waals surface area contributed by atoms with Crippen LogP contribution in [0.1, 0.15) is 15.9 Å². The zero-order valence-corrected chi connectivity index (χ0v) is 11.7. The average Bonchev–Trinajstić information content (AvgIpc) is 2.40. The molecular formula is C14H11ClN2O4. The third-order valence-corrected chi connectivity index (χ3v) is 3.21. The molecule has 7 heteroatoms. The largest absolute Gasteiger partial charge is 0.478 e. The van der Waals surface area contributed by atoms with E-state index in [2.05, 4.69) is 5.32 Å². The maximum absolute atomic E-state index is 10.9. The van der Waals surface area contributed by atoms with Crippen molar-refractivity contribution in [2.75, 3.05) is 5.32 Å². The van der Waals surface area contributed by atoms with Crippen molar-refractivity contribution in [3.8, 4) is 0 Å². The number of non-ortho nitro benzene ring substituents is 1. The minimum absolute atomic E-state index is 0.0114. The smallest absolute Gasteiger partial charge is 0.337 e. The number of aryl methyl sites for hydroxylation is 1. The van der Waals surface area contributed by atoms with Gasteiger partial charge < -0.3 is 10.4 Å². The zero-order chi connectivity index (χ0) is 15.6. The Morgan fingerprint density at radius 1 is 1.29 bits per heavy atom. The summed E-state index contributed by atoms with van der Waals surface area (Å²) < 4.78 is 0. The van der Waals surface area contributed by atoms with Crippen molar-refractivity contribution in [1.82, 2.24) is 0 Å². The predicted octanol–water partition coefficient (Wildman–Crippen LogP) is 4.00. The molecule has 0 aromatic heterocycles. The number of carboxylic acid groups (broad SMARTS) is 1. The third kappa shape index (κ3) is 3.29. The number of carbonyl (C=O) groups is 1. The van der Waals surface area contributed by atoms with Crippen LogP contribution >= 0.6 is 11.6 Å². The second-order valence-electron chi connectivity index (χ2n) is 4.38. The van der Waals surface area contributed by atoms with E-state index < -0.39 is 10.9 Å². The molecule has 0 saturated carbocycles. The molecule has 0 spiro atoms. The molecule has 2 aromatic rings. The summed E-state index contributed by atoms with van der Waals surface area (Å²) in [6, 6.07) is 8.90. The van der Waals surface area contributed by atoms with E-state index in [1.54, 1.807) is 19.1 Å². The van der Waals surface area contributed by atoms with Crippen molar-refractivity contribution in [3.63, 3.8) is 0 Å². The standard InChI is InChI=1S/C14H11ClN2O4/c1-8-6-10(17(20)21)3-5-13(8)16-9-2-4-11(14(18)19)12(15)7-9/h2-7,16H,1H3,(H,18,19). The lowest BCUT2D eigenvalue weighted by molar-refractivity contribution is -0.384. The normalized spacial score (nSPS) is 10.2. The minimum Gasteiger partial charge on any atom is -0.478 e. The molecule has 0 aliphatic carbocycles. The molecule has 0 atom stereocenters. The van der Waals surface area contributed by atoms with Crippen molar-refractivity contribution in [2.45, 2.75) is 6.92 Å². The van der Waals surface area contributed by atoms with E-state index in [0.29, 0.717) is 16.9 Å². The summed E-state index contributed by atoms with van der Waals surface area (Å²) in [6.07, 6.45) is 0. The van der Waals surface area contributed by atoms with Crippen LogP contribution in [0, 0.1) is 17.0 Å². The molecule has 2 N–H and O–H groups in total. The maximum atomic E-state index is 10.9. The fraction of sp³-hybridized carbons (Fsp3) is 0.0714. The Morgan fingerprint density at radius 2 is 2.00 bits per heavy atom. The van der Waals surface area contributed by atoms with Crippen LogP contribution in [0.25, 0.3) is 0 Å². The molecule has 0 radical (unpaired) electrons. The first kappa shape index (κ1) is 14.8. The van der Waals surface area contributed by atoms with Crippen molar-refractivity contribution in [2.24, 2.45) is 0 Å². The number of aromatic carboxylic acids is 1.